The first kappa shape index (κ1) is 17.7. The Labute approximate surface area is 180 Å². The van der Waals surface area contributed by atoms with Crippen molar-refractivity contribution in [2.75, 3.05) is 0 Å². The van der Waals surface area contributed by atoms with E-state index in [1.165, 1.54) is 41.6 Å². The van der Waals surface area contributed by atoms with E-state index in [2.05, 4.69) is 97.9 Å². The Balaban J connectivity index is 1.42. The highest BCUT2D eigenvalue weighted by molar-refractivity contribution is 9.10. The van der Waals surface area contributed by atoms with Crippen LogP contribution in [0.1, 0.15) is 41.2 Å². The Hall–Kier alpha value is -1.42. The second kappa shape index (κ2) is 7.20. The molecule has 0 unspecified atom stereocenters. The minimum Gasteiger partial charge on any atom is -0.144 e. The molecule has 2 aliphatic rings. The fourth-order valence-corrected chi connectivity index (χ4v) is 5.81. The van der Waals surface area contributed by atoms with Crippen LogP contribution >= 0.6 is 43.2 Å². The molecule has 3 heteroatoms. The fraction of sp³-hybridized carbons (Fsp3) is 0.167. The lowest BCUT2D eigenvalue weighted by Crippen LogP contribution is -1.98. The van der Waals surface area contributed by atoms with Gasteiger partial charge in [0.15, 0.2) is 0 Å². The molecular weight excluding hydrogens is 480 g/mol. The minimum atomic E-state index is 0.469. The smallest absolute Gasteiger partial charge is 0.0339 e. The minimum absolute atomic E-state index is 0.469. The molecule has 0 aliphatic heterocycles. The van der Waals surface area contributed by atoms with Crippen molar-refractivity contribution in [2.24, 2.45) is 0 Å². The molecule has 3 aromatic rings. The van der Waals surface area contributed by atoms with Crippen LogP contribution in [0.25, 0.3) is 16.7 Å². The van der Waals surface area contributed by atoms with E-state index in [1.54, 1.807) is 5.57 Å². The molecular formula is C24H18Br2S. The third-order valence-corrected chi connectivity index (χ3v) is 7.48. The van der Waals surface area contributed by atoms with Gasteiger partial charge in [-0.05, 0) is 82.8 Å². The number of thiophene rings is 1. The lowest BCUT2D eigenvalue weighted by atomic mass is 9.90. The van der Waals surface area contributed by atoms with Gasteiger partial charge in [0.05, 0.1) is 0 Å². The van der Waals surface area contributed by atoms with Crippen molar-refractivity contribution in [1.29, 1.82) is 0 Å². The molecule has 2 aromatic carbocycles. The van der Waals surface area contributed by atoms with E-state index in [0.29, 0.717) is 5.92 Å². The van der Waals surface area contributed by atoms with Gasteiger partial charge in [0.1, 0.15) is 0 Å². The van der Waals surface area contributed by atoms with E-state index in [9.17, 15) is 0 Å². The Kier molecular flexibility index (Phi) is 4.71. The molecule has 0 saturated heterocycles. The molecule has 0 amide bonds. The van der Waals surface area contributed by atoms with Crippen molar-refractivity contribution in [3.05, 3.63) is 96.6 Å². The normalized spacial score (nSPS) is 15.5. The zero-order valence-electron chi connectivity index (χ0n) is 14.7. The van der Waals surface area contributed by atoms with Crippen molar-refractivity contribution in [3.8, 4) is 11.1 Å². The van der Waals surface area contributed by atoms with E-state index in [0.717, 1.165) is 19.3 Å². The molecule has 134 valence electrons. The second-order valence-electron chi connectivity index (χ2n) is 7.20. The monoisotopic (exact) mass is 496 g/mol. The van der Waals surface area contributed by atoms with Gasteiger partial charge < -0.3 is 0 Å². The summed E-state index contributed by atoms with van der Waals surface area (Å²) < 4.78 is 2.33. The summed E-state index contributed by atoms with van der Waals surface area (Å²) in [6.07, 6.45) is 8.18. The van der Waals surface area contributed by atoms with Gasteiger partial charge in [0.2, 0.25) is 0 Å². The number of hydrogen-bond acceptors (Lipinski definition) is 1. The van der Waals surface area contributed by atoms with E-state index in [1.807, 2.05) is 11.3 Å². The Morgan fingerprint density at radius 3 is 2.26 bits per heavy atom. The molecule has 0 N–H and O–H groups in total. The fourth-order valence-electron chi connectivity index (χ4n) is 4.31. The van der Waals surface area contributed by atoms with E-state index >= 15 is 0 Å². The summed E-state index contributed by atoms with van der Waals surface area (Å²) in [7, 11) is 0. The molecule has 1 heterocycles. The molecule has 0 saturated carbocycles. The SMILES string of the molecule is Brc1ccc2c(c1)C(CCC1=CC(c3cccs3)=CC1)c1cc(Br)ccc1-2. The van der Waals surface area contributed by atoms with Gasteiger partial charge in [0, 0.05) is 19.7 Å². The van der Waals surface area contributed by atoms with Gasteiger partial charge >= 0.3 is 0 Å². The highest BCUT2D eigenvalue weighted by atomic mass is 79.9. The number of fused-ring (bicyclic) bond motifs is 3. The Morgan fingerprint density at radius 1 is 0.926 bits per heavy atom. The van der Waals surface area contributed by atoms with Crippen LogP contribution in [-0.2, 0) is 0 Å². The van der Waals surface area contributed by atoms with E-state index < -0.39 is 0 Å². The molecule has 0 spiro atoms. The predicted molar refractivity (Wildman–Crippen MR) is 123 cm³/mol. The maximum atomic E-state index is 3.67. The summed E-state index contributed by atoms with van der Waals surface area (Å²) in [5.74, 6) is 0.469. The Bertz CT molecular complexity index is 1020. The third-order valence-electron chi connectivity index (χ3n) is 5.57. The van der Waals surface area contributed by atoms with Crippen LogP contribution in [0.4, 0.5) is 0 Å². The van der Waals surface area contributed by atoms with Gasteiger partial charge in [0.25, 0.3) is 0 Å². The van der Waals surface area contributed by atoms with Crippen LogP contribution in [-0.4, -0.2) is 0 Å². The summed E-state index contributed by atoms with van der Waals surface area (Å²) in [5.41, 5.74) is 8.66. The Morgan fingerprint density at radius 2 is 1.63 bits per heavy atom. The van der Waals surface area contributed by atoms with E-state index in [-0.39, 0.29) is 0 Å². The average molecular weight is 498 g/mol. The number of allylic oxidation sites excluding steroid dienone is 4. The average Bonchev–Trinajstić information content (AvgIpc) is 3.38. The summed E-state index contributed by atoms with van der Waals surface area (Å²) in [4.78, 5) is 1.38. The highest BCUT2D eigenvalue weighted by Gasteiger charge is 2.29. The summed E-state index contributed by atoms with van der Waals surface area (Å²) >= 11 is 9.17. The first-order valence-electron chi connectivity index (χ1n) is 9.22. The van der Waals surface area contributed by atoms with Crippen molar-refractivity contribution in [3.63, 3.8) is 0 Å². The van der Waals surface area contributed by atoms with Crippen molar-refractivity contribution < 1.29 is 0 Å². The van der Waals surface area contributed by atoms with Gasteiger partial charge in [-0.15, -0.1) is 11.3 Å². The maximum Gasteiger partial charge on any atom is 0.0339 e. The van der Waals surface area contributed by atoms with Gasteiger partial charge in [-0.25, -0.2) is 0 Å². The number of hydrogen-bond donors (Lipinski definition) is 0. The summed E-state index contributed by atoms with van der Waals surface area (Å²) in [5, 5.41) is 2.16. The van der Waals surface area contributed by atoms with Crippen LogP contribution in [0.3, 0.4) is 0 Å². The molecule has 5 rings (SSSR count). The third kappa shape index (κ3) is 3.30. The highest BCUT2D eigenvalue weighted by Crippen LogP contribution is 2.49. The predicted octanol–water partition coefficient (Wildman–Crippen LogP) is 8.58. The zero-order valence-corrected chi connectivity index (χ0v) is 18.7. The molecule has 0 nitrogen and oxygen atoms in total. The first-order valence-corrected chi connectivity index (χ1v) is 11.7. The largest absolute Gasteiger partial charge is 0.144 e. The van der Waals surface area contributed by atoms with Crippen LogP contribution in [0.2, 0.25) is 0 Å². The van der Waals surface area contributed by atoms with Crippen molar-refractivity contribution in [2.45, 2.75) is 25.2 Å². The molecule has 0 atom stereocenters. The number of benzene rings is 2. The molecule has 0 fully saturated rings. The van der Waals surface area contributed by atoms with Gasteiger partial charge in [-0.3, -0.25) is 0 Å². The van der Waals surface area contributed by atoms with Crippen molar-refractivity contribution >= 4 is 48.8 Å². The lowest BCUT2D eigenvalue weighted by molar-refractivity contribution is 0.718. The molecule has 1 aromatic heterocycles. The molecule has 2 aliphatic carbocycles. The number of rotatable bonds is 4. The first-order chi connectivity index (χ1) is 13.2. The van der Waals surface area contributed by atoms with E-state index in [4.69, 9.17) is 0 Å². The second-order valence-corrected chi connectivity index (χ2v) is 9.98. The van der Waals surface area contributed by atoms with Crippen molar-refractivity contribution in [1.82, 2.24) is 0 Å². The maximum absolute atomic E-state index is 3.67. The molecule has 0 bridgehead atoms. The van der Waals surface area contributed by atoms with Crippen LogP contribution < -0.4 is 0 Å². The lowest BCUT2D eigenvalue weighted by Gasteiger charge is -2.14. The topological polar surface area (TPSA) is 0 Å². The summed E-state index contributed by atoms with van der Waals surface area (Å²) in [6.45, 7) is 0. The van der Waals surface area contributed by atoms with Crippen LogP contribution in [0.15, 0.2) is 80.6 Å². The summed E-state index contributed by atoms with van der Waals surface area (Å²) in [6, 6.07) is 17.8. The molecule has 27 heavy (non-hydrogen) atoms. The standard InChI is InChI=1S/C24H18Br2S/c25-17-6-9-19-20-10-7-18(26)14-23(20)21(22(19)13-17)8-4-15-3-5-16(12-15)24-2-1-11-27-24/h1-2,5-7,9-14,21H,3-4,8H2. The van der Waals surface area contributed by atoms with Crippen LogP contribution in [0.5, 0.6) is 0 Å². The van der Waals surface area contributed by atoms with Gasteiger partial charge in [-0.1, -0.05) is 67.8 Å². The van der Waals surface area contributed by atoms with Crippen LogP contribution in [0, 0.1) is 0 Å². The van der Waals surface area contributed by atoms with Gasteiger partial charge in [-0.2, -0.15) is 0 Å². The molecule has 0 radical (unpaired) electrons. The quantitative estimate of drug-likeness (QED) is 0.338. The number of halogens is 2. The zero-order chi connectivity index (χ0) is 18.4.